The van der Waals surface area contributed by atoms with Crippen molar-refractivity contribution in [2.24, 2.45) is 0 Å². The first-order valence-corrected chi connectivity index (χ1v) is 12.1. The Morgan fingerprint density at radius 1 is 1.16 bits per heavy atom. The van der Waals surface area contributed by atoms with E-state index in [0.717, 1.165) is 5.39 Å². The molecule has 0 atom stereocenters. The predicted octanol–water partition coefficient (Wildman–Crippen LogP) is 3.59. The summed E-state index contributed by atoms with van der Waals surface area (Å²) in [6.07, 6.45) is 2.13. The first kappa shape index (κ1) is 26.5. The van der Waals surface area contributed by atoms with Crippen LogP contribution >= 0.6 is 0 Å². The van der Waals surface area contributed by atoms with Crippen molar-refractivity contribution in [3.63, 3.8) is 0 Å². The SMILES string of the molecule is CCN(CCCOc1ccc2c(Nc3cc(CC(=O)Nc4cccc(F)c4)n[nH]3)ncnc2c1)CC(=O)O. The number of aliphatic carboxylic acids is 1. The molecule has 0 saturated carbocycles. The van der Waals surface area contributed by atoms with E-state index in [0.29, 0.717) is 60.4 Å². The van der Waals surface area contributed by atoms with Crippen LogP contribution in [0, 0.1) is 5.82 Å². The highest BCUT2D eigenvalue weighted by Crippen LogP contribution is 2.26. The van der Waals surface area contributed by atoms with Crippen molar-refractivity contribution in [1.29, 1.82) is 0 Å². The van der Waals surface area contributed by atoms with Gasteiger partial charge >= 0.3 is 5.97 Å². The number of likely N-dealkylation sites (N-methyl/N-ethyl adjacent to an activating group) is 1. The highest BCUT2D eigenvalue weighted by Gasteiger charge is 2.11. The quantitative estimate of drug-likeness (QED) is 0.194. The monoisotopic (exact) mass is 521 g/mol. The van der Waals surface area contributed by atoms with Crippen LogP contribution in [0.4, 0.5) is 21.7 Å². The number of nitrogens with one attached hydrogen (secondary N) is 3. The number of ether oxygens (including phenoxy) is 1. The van der Waals surface area contributed by atoms with E-state index in [2.05, 4.69) is 30.8 Å². The molecule has 0 aliphatic carbocycles. The molecule has 2 aromatic carbocycles. The molecule has 2 heterocycles. The molecule has 0 spiro atoms. The van der Waals surface area contributed by atoms with Crippen LogP contribution in [0.15, 0.2) is 54.9 Å². The molecule has 0 aliphatic rings. The molecule has 198 valence electrons. The molecule has 0 aliphatic heterocycles. The van der Waals surface area contributed by atoms with Gasteiger partial charge in [0.05, 0.1) is 30.8 Å². The number of halogens is 1. The summed E-state index contributed by atoms with van der Waals surface area (Å²) in [5.41, 5.74) is 1.55. The Morgan fingerprint density at radius 2 is 2.03 bits per heavy atom. The number of carboxylic acid groups (broad SMARTS) is 1. The highest BCUT2D eigenvalue weighted by molar-refractivity contribution is 5.93. The number of carbonyl (C=O) groups is 2. The number of fused-ring (bicyclic) bond motifs is 1. The van der Waals surface area contributed by atoms with Crippen molar-refractivity contribution < 1.29 is 23.8 Å². The Labute approximate surface area is 218 Å². The van der Waals surface area contributed by atoms with E-state index in [1.165, 1.54) is 24.5 Å². The highest BCUT2D eigenvalue weighted by atomic mass is 19.1. The second kappa shape index (κ2) is 12.6. The summed E-state index contributed by atoms with van der Waals surface area (Å²) in [6.45, 7) is 3.68. The van der Waals surface area contributed by atoms with Crippen LogP contribution in [0.1, 0.15) is 19.0 Å². The molecule has 4 N–H and O–H groups in total. The molecule has 0 unspecified atom stereocenters. The maximum atomic E-state index is 13.3. The summed E-state index contributed by atoms with van der Waals surface area (Å²) in [5.74, 6) is 0.147. The molecule has 0 bridgehead atoms. The number of aromatic nitrogens is 4. The summed E-state index contributed by atoms with van der Waals surface area (Å²) in [5, 5.41) is 22.5. The fourth-order valence-corrected chi connectivity index (χ4v) is 3.83. The van der Waals surface area contributed by atoms with Gasteiger partial charge < -0.3 is 20.5 Å². The summed E-state index contributed by atoms with van der Waals surface area (Å²) >= 11 is 0. The van der Waals surface area contributed by atoms with Gasteiger partial charge in [-0.1, -0.05) is 13.0 Å². The van der Waals surface area contributed by atoms with Gasteiger partial charge in [0.1, 0.15) is 29.5 Å². The van der Waals surface area contributed by atoms with Crippen LogP contribution in [0.2, 0.25) is 0 Å². The summed E-state index contributed by atoms with van der Waals surface area (Å²) in [4.78, 5) is 33.7. The van der Waals surface area contributed by atoms with Crippen LogP contribution in [0.25, 0.3) is 10.9 Å². The Hall–Kier alpha value is -4.58. The zero-order valence-corrected chi connectivity index (χ0v) is 20.8. The Bertz CT molecular complexity index is 1410. The van der Waals surface area contributed by atoms with Crippen molar-refractivity contribution in [3.05, 3.63) is 66.4 Å². The number of benzene rings is 2. The number of amides is 1. The van der Waals surface area contributed by atoms with Gasteiger partial charge in [-0.15, -0.1) is 0 Å². The summed E-state index contributed by atoms with van der Waals surface area (Å²) in [7, 11) is 0. The number of anilines is 3. The molecule has 2 aromatic heterocycles. The zero-order chi connectivity index (χ0) is 26.9. The van der Waals surface area contributed by atoms with E-state index in [4.69, 9.17) is 9.84 Å². The van der Waals surface area contributed by atoms with E-state index >= 15 is 0 Å². The number of carboxylic acids is 1. The smallest absolute Gasteiger partial charge is 0.317 e. The second-order valence-electron chi connectivity index (χ2n) is 8.50. The molecule has 0 fully saturated rings. The van der Waals surface area contributed by atoms with Crippen molar-refractivity contribution in [1.82, 2.24) is 25.1 Å². The van der Waals surface area contributed by atoms with Crippen molar-refractivity contribution >= 4 is 40.1 Å². The van der Waals surface area contributed by atoms with Gasteiger partial charge in [0.15, 0.2) is 0 Å². The van der Waals surface area contributed by atoms with Crippen LogP contribution in [0.3, 0.4) is 0 Å². The summed E-state index contributed by atoms with van der Waals surface area (Å²) in [6, 6.07) is 12.9. The Morgan fingerprint density at radius 3 is 2.82 bits per heavy atom. The van der Waals surface area contributed by atoms with E-state index in [1.54, 1.807) is 12.1 Å². The normalized spacial score (nSPS) is 11.0. The third kappa shape index (κ3) is 7.46. The van der Waals surface area contributed by atoms with E-state index in [9.17, 15) is 14.0 Å². The first-order chi connectivity index (χ1) is 18.4. The minimum atomic E-state index is -0.843. The fourth-order valence-electron chi connectivity index (χ4n) is 3.83. The lowest BCUT2D eigenvalue weighted by atomic mass is 10.2. The van der Waals surface area contributed by atoms with Gasteiger partial charge in [0, 0.05) is 29.8 Å². The van der Waals surface area contributed by atoms with Gasteiger partial charge in [-0.3, -0.25) is 19.6 Å². The third-order valence-corrected chi connectivity index (χ3v) is 5.64. The number of rotatable bonds is 13. The number of aromatic amines is 1. The lowest BCUT2D eigenvalue weighted by Gasteiger charge is -2.17. The molecule has 0 radical (unpaired) electrons. The number of nitrogens with zero attached hydrogens (tertiary/aromatic N) is 4. The maximum absolute atomic E-state index is 13.3. The number of hydrogen-bond donors (Lipinski definition) is 4. The van der Waals surface area contributed by atoms with Gasteiger partial charge in [-0.25, -0.2) is 14.4 Å². The largest absolute Gasteiger partial charge is 0.493 e. The standard InChI is InChI=1S/C26H28FN7O4/c1-2-34(15-25(36)37)9-4-10-38-20-7-8-21-22(14-20)28-16-29-26(21)31-23-12-19(32-33-23)13-24(35)30-18-6-3-5-17(27)11-18/h3,5-8,11-12,14,16H,2,4,9-10,13,15H2,1H3,(H,30,35)(H,36,37)(H2,28,29,31,32,33). The first-order valence-electron chi connectivity index (χ1n) is 12.1. The number of carbonyl (C=O) groups excluding carboxylic acids is 1. The van der Waals surface area contributed by atoms with Crippen molar-refractivity contribution in [2.45, 2.75) is 19.8 Å². The van der Waals surface area contributed by atoms with Gasteiger partial charge in [-0.2, -0.15) is 5.10 Å². The van der Waals surface area contributed by atoms with E-state index in [-0.39, 0.29) is 18.9 Å². The average Bonchev–Trinajstić information content (AvgIpc) is 3.32. The molecule has 11 nitrogen and oxygen atoms in total. The molecule has 12 heteroatoms. The summed E-state index contributed by atoms with van der Waals surface area (Å²) < 4.78 is 19.2. The number of H-pyrrole nitrogens is 1. The maximum Gasteiger partial charge on any atom is 0.317 e. The molecular formula is C26H28FN7O4. The van der Waals surface area contributed by atoms with Crippen molar-refractivity contribution in [3.8, 4) is 5.75 Å². The minimum absolute atomic E-state index is 0.00619. The molecule has 1 amide bonds. The zero-order valence-electron chi connectivity index (χ0n) is 20.8. The van der Waals surface area contributed by atoms with Crippen LogP contribution in [0.5, 0.6) is 5.75 Å². The minimum Gasteiger partial charge on any atom is -0.493 e. The second-order valence-corrected chi connectivity index (χ2v) is 8.50. The molecule has 0 saturated heterocycles. The van der Waals surface area contributed by atoms with Crippen LogP contribution in [-0.2, 0) is 16.0 Å². The van der Waals surface area contributed by atoms with Crippen molar-refractivity contribution in [2.75, 3.05) is 36.9 Å². The van der Waals surface area contributed by atoms with Gasteiger partial charge in [0.25, 0.3) is 0 Å². The molecule has 38 heavy (non-hydrogen) atoms. The fraction of sp³-hybridized carbons (Fsp3) is 0.269. The Kier molecular flexibility index (Phi) is 8.77. The molecule has 4 aromatic rings. The van der Waals surface area contributed by atoms with Crippen LogP contribution < -0.4 is 15.4 Å². The van der Waals surface area contributed by atoms with Gasteiger partial charge in [0.2, 0.25) is 5.91 Å². The lowest BCUT2D eigenvalue weighted by Crippen LogP contribution is -2.31. The Balaban J connectivity index is 1.33. The molecule has 4 rings (SSSR count). The van der Waals surface area contributed by atoms with Crippen LogP contribution in [-0.4, -0.2) is 68.3 Å². The number of hydrogen-bond acceptors (Lipinski definition) is 8. The third-order valence-electron chi connectivity index (χ3n) is 5.64. The predicted molar refractivity (Wildman–Crippen MR) is 140 cm³/mol. The molecular weight excluding hydrogens is 493 g/mol. The topological polar surface area (TPSA) is 145 Å². The lowest BCUT2D eigenvalue weighted by molar-refractivity contribution is -0.138. The average molecular weight is 522 g/mol. The van der Waals surface area contributed by atoms with E-state index < -0.39 is 11.8 Å². The van der Waals surface area contributed by atoms with E-state index in [1.807, 2.05) is 30.0 Å². The van der Waals surface area contributed by atoms with Gasteiger partial charge in [-0.05, 0) is 43.3 Å².